The number of nitrogens with two attached hydrogens (primary N) is 1. The largest absolute Gasteiger partial charge is 0.326 e. The molecule has 2 amide bonds. The Morgan fingerprint density at radius 1 is 1.28 bits per heavy atom. The Hall–Kier alpha value is -0.900. The third-order valence-electron chi connectivity index (χ3n) is 4.88. The van der Waals surface area contributed by atoms with Crippen molar-refractivity contribution in [3.63, 3.8) is 0 Å². The Balaban J connectivity index is 2.24. The molecule has 1 heterocycles. The van der Waals surface area contributed by atoms with Crippen LogP contribution in [0.1, 0.15) is 52.9 Å². The molecule has 1 unspecified atom stereocenters. The minimum Gasteiger partial charge on any atom is -0.326 e. The first-order valence-corrected chi connectivity index (χ1v) is 7.00. The molecule has 0 radical (unpaired) electrons. The van der Waals surface area contributed by atoms with Gasteiger partial charge in [-0.25, -0.2) is 0 Å². The van der Waals surface area contributed by atoms with Crippen LogP contribution in [0.3, 0.4) is 0 Å². The van der Waals surface area contributed by atoms with E-state index in [4.69, 9.17) is 5.73 Å². The molecule has 2 fully saturated rings. The minimum atomic E-state index is -0.533. The number of likely N-dealkylation sites (tertiary alicyclic amines) is 1. The fourth-order valence-electron chi connectivity index (χ4n) is 3.11. The van der Waals surface area contributed by atoms with Crippen LogP contribution < -0.4 is 5.73 Å². The topological polar surface area (TPSA) is 63.4 Å². The van der Waals surface area contributed by atoms with E-state index >= 15 is 0 Å². The summed E-state index contributed by atoms with van der Waals surface area (Å²) in [7, 11) is 0. The molecule has 4 nitrogen and oxygen atoms in total. The molecule has 0 aromatic carbocycles. The fourth-order valence-corrected chi connectivity index (χ4v) is 3.11. The highest BCUT2D eigenvalue weighted by Crippen LogP contribution is 2.41. The van der Waals surface area contributed by atoms with Crippen LogP contribution in [0, 0.1) is 11.3 Å². The van der Waals surface area contributed by atoms with Crippen molar-refractivity contribution in [2.75, 3.05) is 0 Å². The van der Waals surface area contributed by atoms with Crippen molar-refractivity contribution in [2.45, 2.75) is 65.0 Å². The number of carbonyl (C=O) groups excluding carboxylic acids is 2. The van der Waals surface area contributed by atoms with Crippen LogP contribution >= 0.6 is 0 Å². The minimum absolute atomic E-state index is 0.00940. The molecule has 0 spiro atoms. The second kappa shape index (κ2) is 4.65. The average molecular weight is 252 g/mol. The van der Waals surface area contributed by atoms with E-state index < -0.39 is 5.41 Å². The summed E-state index contributed by atoms with van der Waals surface area (Å²) in [4.78, 5) is 26.3. The standard InChI is InChI=1S/C14H24N2O2/c1-9(2)14(3)8-12(17)16(13(14)18)11-7-5-4-6-10(11)15/h9-11H,4-8,15H2,1-3H3/t10-,11-,14?/m1/s1. The van der Waals surface area contributed by atoms with Gasteiger partial charge in [-0.15, -0.1) is 0 Å². The first-order chi connectivity index (χ1) is 8.38. The van der Waals surface area contributed by atoms with Crippen molar-refractivity contribution in [2.24, 2.45) is 17.1 Å². The quantitative estimate of drug-likeness (QED) is 0.760. The highest BCUT2D eigenvalue weighted by Gasteiger charge is 2.52. The summed E-state index contributed by atoms with van der Waals surface area (Å²) in [6, 6.07) is -0.111. The molecule has 4 heteroatoms. The normalized spacial score (nSPS) is 37.7. The van der Waals surface area contributed by atoms with Gasteiger partial charge >= 0.3 is 0 Å². The lowest BCUT2D eigenvalue weighted by atomic mass is 9.77. The van der Waals surface area contributed by atoms with Crippen molar-refractivity contribution in [1.29, 1.82) is 0 Å². The maximum absolute atomic E-state index is 12.6. The van der Waals surface area contributed by atoms with Crippen LogP contribution in [0.15, 0.2) is 0 Å². The number of nitrogens with zero attached hydrogens (tertiary/aromatic N) is 1. The molecule has 2 rings (SSSR count). The molecule has 18 heavy (non-hydrogen) atoms. The first kappa shape index (κ1) is 13.5. The third-order valence-corrected chi connectivity index (χ3v) is 4.88. The number of carbonyl (C=O) groups is 2. The molecule has 0 bridgehead atoms. The maximum Gasteiger partial charge on any atom is 0.236 e. The Morgan fingerprint density at radius 2 is 1.89 bits per heavy atom. The zero-order chi connectivity index (χ0) is 13.5. The average Bonchev–Trinajstić information content (AvgIpc) is 2.53. The zero-order valence-corrected chi connectivity index (χ0v) is 11.6. The number of amides is 2. The van der Waals surface area contributed by atoms with Gasteiger partial charge in [0.2, 0.25) is 11.8 Å². The lowest BCUT2D eigenvalue weighted by Crippen LogP contribution is -2.53. The second-order valence-electron chi connectivity index (χ2n) is 6.33. The lowest BCUT2D eigenvalue weighted by molar-refractivity contribution is -0.145. The van der Waals surface area contributed by atoms with Gasteiger partial charge in [0, 0.05) is 12.5 Å². The molecule has 1 saturated carbocycles. The van der Waals surface area contributed by atoms with E-state index in [9.17, 15) is 9.59 Å². The Kier molecular flexibility index (Phi) is 3.49. The number of rotatable bonds is 2. The Bertz CT molecular complexity index is 367. The molecule has 1 aliphatic heterocycles. The van der Waals surface area contributed by atoms with Crippen molar-refractivity contribution in [3.05, 3.63) is 0 Å². The van der Waals surface area contributed by atoms with Gasteiger partial charge in [-0.2, -0.15) is 0 Å². The summed E-state index contributed by atoms with van der Waals surface area (Å²) in [5.74, 6) is 0.141. The summed E-state index contributed by atoms with van der Waals surface area (Å²) >= 11 is 0. The SMILES string of the molecule is CC(C)C1(C)CC(=O)N([C@@H]2CCCC[C@H]2N)C1=O. The van der Waals surface area contributed by atoms with E-state index in [0.29, 0.717) is 6.42 Å². The third kappa shape index (κ3) is 1.96. The first-order valence-electron chi connectivity index (χ1n) is 7.00. The highest BCUT2D eigenvalue weighted by molar-refractivity contribution is 6.06. The van der Waals surface area contributed by atoms with Crippen molar-refractivity contribution in [3.8, 4) is 0 Å². The van der Waals surface area contributed by atoms with Crippen molar-refractivity contribution < 1.29 is 9.59 Å². The van der Waals surface area contributed by atoms with Crippen LogP contribution in [0.25, 0.3) is 0 Å². The van der Waals surface area contributed by atoms with Crippen LogP contribution in [0.4, 0.5) is 0 Å². The van der Waals surface area contributed by atoms with Gasteiger partial charge in [0.1, 0.15) is 0 Å². The molecule has 1 aliphatic carbocycles. The maximum atomic E-state index is 12.6. The summed E-state index contributed by atoms with van der Waals surface area (Å²) in [6.07, 6.45) is 4.29. The van der Waals surface area contributed by atoms with Gasteiger partial charge in [-0.1, -0.05) is 26.7 Å². The smallest absolute Gasteiger partial charge is 0.236 e. The predicted molar refractivity (Wildman–Crippen MR) is 69.6 cm³/mol. The monoisotopic (exact) mass is 252 g/mol. The molecule has 2 N–H and O–H groups in total. The lowest BCUT2D eigenvalue weighted by Gasteiger charge is -2.36. The highest BCUT2D eigenvalue weighted by atomic mass is 16.2. The van der Waals surface area contributed by atoms with Crippen molar-refractivity contribution in [1.82, 2.24) is 4.90 Å². The van der Waals surface area contributed by atoms with Gasteiger partial charge in [0.15, 0.2) is 0 Å². The number of imide groups is 1. The zero-order valence-electron chi connectivity index (χ0n) is 11.6. The van der Waals surface area contributed by atoms with Crippen LogP contribution in [-0.2, 0) is 9.59 Å². The van der Waals surface area contributed by atoms with Gasteiger partial charge in [-0.3, -0.25) is 14.5 Å². The van der Waals surface area contributed by atoms with E-state index in [1.54, 1.807) is 0 Å². The van der Waals surface area contributed by atoms with E-state index in [-0.39, 0.29) is 29.8 Å². The van der Waals surface area contributed by atoms with Gasteiger partial charge in [-0.05, 0) is 25.7 Å². The van der Waals surface area contributed by atoms with E-state index in [1.807, 2.05) is 20.8 Å². The molecule has 1 saturated heterocycles. The molecule has 0 aromatic rings. The van der Waals surface area contributed by atoms with E-state index in [2.05, 4.69) is 0 Å². The van der Waals surface area contributed by atoms with E-state index in [0.717, 1.165) is 25.7 Å². The fraction of sp³-hybridized carbons (Fsp3) is 0.857. The molecular formula is C14H24N2O2. The molecule has 0 aromatic heterocycles. The molecular weight excluding hydrogens is 228 g/mol. The van der Waals surface area contributed by atoms with Crippen LogP contribution in [0.2, 0.25) is 0 Å². The Labute approximate surface area is 109 Å². The molecule has 3 atom stereocenters. The second-order valence-corrected chi connectivity index (χ2v) is 6.33. The van der Waals surface area contributed by atoms with Gasteiger partial charge < -0.3 is 5.73 Å². The van der Waals surface area contributed by atoms with Crippen LogP contribution in [-0.4, -0.2) is 28.8 Å². The summed E-state index contributed by atoms with van der Waals surface area (Å²) in [5, 5.41) is 0. The summed E-state index contributed by atoms with van der Waals surface area (Å²) < 4.78 is 0. The summed E-state index contributed by atoms with van der Waals surface area (Å²) in [6.45, 7) is 5.93. The Morgan fingerprint density at radius 3 is 2.39 bits per heavy atom. The van der Waals surface area contributed by atoms with Gasteiger partial charge in [0.25, 0.3) is 0 Å². The number of hydrogen-bond acceptors (Lipinski definition) is 3. The predicted octanol–water partition coefficient (Wildman–Crippen LogP) is 1.68. The molecule has 102 valence electrons. The summed E-state index contributed by atoms with van der Waals surface area (Å²) in [5.41, 5.74) is 5.57. The van der Waals surface area contributed by atoms with Crippen LogP contribution in [0.5, 0.6) is 0 Å². The van der Waals surface area contributed by atoms with Crippen molar-refractivity contribution >= 4 is 11.8 Å². The molecule has 2 aliphatic rings. The van der Waals surface area contributed by atoms with Gasteiger partial charge in [0.05, 0.1) is 11.5 Å². The number of hydrogen-bond donors (Lipinski definition) is 1. The van der Waals surface area contributed by atoms with E-state index in [1.165, 1.54) is 4.90 Å².